The lowest BCUT2D eigenvalue weighted by molar-refractivity contribution is -0.125. The Hall–Kier alpha value is -0.670. The van der Waals surface area contributed by atoms with Crippen molar-refractivity contribution in [2.45, 2.75) is 19.3 Å². The number of halogens is 1. The third-order valence-corrected chi connectivity index (χ3v) is 3.77. The number of carbonyl (C=O) groups excluding carboxylic acids is 1. The molecule has 1 aliphatic rings. The lowest BCUT2D eigenvalue weighted by Gasteiger charge is -2.20. The predicted octanol–water partition coefficient (Wildman–Crippen LogP) is 2.99. The molecule has 0 saturated carbocycles. The summed E-state index contributed by atoms with van der Waals surface area (Å²) in [7, 11) is 0. The van der Waals surface area contributed by atoms with Crippen LogP contribution < -0.4 is 0 Å². The van der Waals surface area contributed by atoms with Crippen molar-refractivity contribution in [1.82, 2.24) is 0 Å². The van der Waals surface area contributed by atoms with Crippen molar-refractivity contribution in [2.24, 2.45) is 5.92 Å². The van der Waals surface area contributed by atoms with E-state index in [1.807, 2.05) is 24.3 Å². The van der Waals surface area contributed by atoms with Crippen molar-refractivity contribution in [3.05, 3.63) is 34.3 Å². The van der Waals surface area contributed by atoms with Crippen LogP contribution in [0.4, 0.5) is 0 Å². The molecule has 1 heterocycles. The molecule has 3 heteroatoms. The van der Waals surface area contributed by atoms with Gasteiger partial charge >= 0.3 is 0 Å². The molecule has 2 rings (SSSR count). The highest BCUT2D eigenvalue weighted by molar-refractivity contribution is 9.10. The Labute approximate surface area is 104 Å². The van der Waals surface area contributed by atoms with Crippen LogP contribution in [0.2, 0.25) is 0 Å². The minimum atomic E-state index is 0.195. The molecule has 0 radical (unpaired) electrons. The fraction of sp³-hybridized carbons (Fsp3) is 0.462. The molecule has 0 aliphatic carbocycles. The van der Waals surface area contributed by atoms with Crippen LogP contribution >= 0.6 is 15.9 Å². The van der Waals surface area contributed by atoms with Gasteiger partial charge < -0.3 is 4.74 Å². The molecule has 0 unspecified atom stereocenters. The number of hydrogen-bond acceptors (Lipinski definition) is 2. The van der Waals surface area contributed by atoms with Gasteiger partial charge in [0.15, 0.2) is 0 Å². The Morgan fingerprint density at radius 1 is 1.31 bits per heavy atom. The standard InChI is InChI=1S/C13H15BrO2/c14-12-4-2-1-3-11(12)9-13(15)10-5-7-16-8-6-10/h1-4,10H,5-9H2. The average Bonchev–Trinajstić information content (AvgIpc) is 2.33. The van der Waals surface area contributed by atoms with E-state index in [1.54, 1.807) is 0 Å². The van der Waals surface area contributed by atoms with Gasteiger partial charge in [-0.15, -0.1) is 0 Å². The third kappa shape index (κ3) is 2.92. The van der Waals surface area contributed by atoms with Crippen LogP contribution in [0.25, 0.3) is 0 Å². The van der Waals surface area contributed by atoms with Gasteiger partial charge in [-0.05, 0) is 24.5 Å². The molecular formula is C13H15BrO2. The summed E-state index contributed by atoms with van der Waals surface area (Å²) < 4.78 is 6.29. The molecule has 0 N–H and O–H groups in total. The molecule has 1 aromatic rings. The first-order chi connectivity index (χ1) is 7.77. The highest BCUT2D eigenvalue weighted by Gasteiger charge is 2.21. The molecule has 0 atom stereocenters. The largest absolute Gasteiger partial charge is 0.381 e. The molecule has 0 amide bonds. The van der Waals surface area contributed by atoms with Crippen LogP contribution in [-0.2, 0) is 16.0 Å². The number of carbonyl (C=O) groups is 1. The van der Waals surface area contributed by atoms with Crippen LogP contribution in [0, 0.1) is 5.92 Å². The van der Waals surface area contributed by atoms with Crippen molar-refractivity contribution in [1.29, 1.82) is 0 Å². The van der Waals surface area contributed by atoms with Gasteiger partial charge in [0.05, 0.1) is 0 Å². The second-order valence-corrected chi connectivity index (χ2v) is 4.98. The lowest BCUT2D eigenvalue weighted by atomic mass is 9.91. The van der Waals surface area contributed by atoms with Crippen molar-refractivity contribution in [3.63, 3.8) is 0 Å². The summed E-state index contributed by atoms with van der Waals surface area (Å²) in [6.45, 7) is 1.46. The van der Waals surface area contributed by atoms with E-state index in [1.165, 1.54) is 0 Å². The quantitative estimate of drug-likeness (QED) is 0.852. The first-order valence-electron chi connectivity index (χ1n) is 5.61. The molecule has 0 bridgehead atoms. The van der Waals surface area contributed by atoms with Crippen molar-refractivity contribution < 1.29 is 9.53 Å². The Bertz CT molecular complexity index is 370. The van der Waals surface area contributed by atoms with Crippen molar-refractivity contribution >= 4 is 21.7 Å². The number of ether oxygens (including phenoxy) is 1. The number of benzene rings is 1. The molecule has 0 spiro atoms. The summed E-state index contributed by atoms with van der Waals surface area (Å²) >= 11 is 3.47. The van der Waals surface area contributed by atoms with Crippen molar-refractivity contribution in [3.8, 4) is 0 Å². The molecule has 1 fully saturated rings. The summed E-state index contributed by atoms with van der Waals surface area (Å²) in [6.07, 6.45) is 2.29. The first-order valence-corrected chi connectivity index (χ1v) is 6.40. The van der Waals surface area contributed by atoms with E-state index in [0.29, 0.717) is 12.2 Å². The molecule has 1 aromatic carbocycles. The number of Topliss-reactive ketones (excluding diaryl/α,β-unsaturated/α-hetero) is 1. The van der Waals surface area contributed by atoms with E-state index in [2.05, 4.69) is 15.9 Å². The van der Waals surface area contributed by atoms with Crippen LogP contribution in [-0.4, -0.2) is 19.0 Å². The highest BCUT2D eigenvalue weighted by atomic mass is 79.9. The normalized spacial score (nSPS) is 17.3. The molecule has 2 nitrogen and oxygen atoms in total. The number of rotatable bonds is 3. The topological polar surface area (TPSA) is 26.3 Å². The monoisotopic (exact) mass is 282 g/mol. The smallest absolute Gasteiger partial charge is 0.140 e. The van der Waals surface area contributed by atoms with E-state index >= 15 is 0 Å². The lowest BCUT2D eigenvalue weighted by Crippen LogP contribution is -2.24. The van der Waals surface area contributed by atoms with E-state index in [4.69, 9.17) is 4.74 Å². The Morgan fingerprint density at radius 3 is 2.69 bits per heavy atom. The minimum Gasteiger partial charge on any atom is -0.381 e. The Morgan fingerprint density at radius 2 is 2.00 bits per heavy atom. The Balaban J connectivity index is 1.99. The van der Waals surface area contributed by atoms with E-state index < -0.39 is 0 Å². The maximum Gasteiger partial charge on any atom is 0.140 e. The van der Waals surface area contributed by atoms with Gasteiger partial charge in [-0.3, -0.25) is 4.79 Å². The van der Waals surface area contributed by atoms with Crippen LogP contribution in [0.5, 0.6) is 0 Å². The van der Waals surface area contributed by atoms with E-state index in [9.17, 15) is 4.79 Å². The molecule has 1 saturated heterocycles. The molecule has 1 aliphatic heterocycles. The van der Waals surface area contributed by atoms with Gasteiger partial charge in [0, 0.05) is 30.0 Å². The van der Waals surface area contributed by atoms with Crippen molar-refractivity contribution in [2.75, 3.05) is 13.2 Å². The predicted molar refractivity (Wildman–Crippen MR) is 66.4 cm³/mol. The van der Waals surface area contributed by atoms with E-state index in [-0.39, 0.29) is 5.92 Å². The maximum absolute atomic E-state index is 12.0. The summed E-state index contributed by atoms with van der Waals surface area (Å²) in [5.41, 5.74) is 1.08. The summed E-state index contributed by atoms with van der Waals surface area (Å²) in [5, 5.41) is 0. The van der Waals surface area contributed by atoms with E-state index in [0.717, 1.165) is 36.1 Å². The fourth-order valence-corrected chi connectivity index (χ4v) is 2.42. The van der Waals surface area contributed by atoms with Crippen LogP contribution in [0.15, 0.2) is 28.7 Å². The zero-order chi connectivity index (χ0) is 11.4. The van der Waals surface area contributed by atoms with Gasteiger partial charge in [0.25, 0.3) is 0 Å². The molecule has 86 valence electrons. The molecular weight excluding hydrogens is 268 g/mol. The SMILES string of the molecule is O=C(Cc1ccccc1Br)C1CCOCC1. The van der Waals surface area contributed by atoms with Gasteiger partial charge in [-0.25, -0.2) is 0 Å². The van der Waals surface area contributed by atoms with Gasteiger partial charge in [-0.2, -0.15) is 0 Å². The number of hydrogen-bond donors (Lipinski definition) is 0. The number of ketones is 1. The summed E-state index contributed by atoms with van der Waals surface area (Å²) in [5.74, 6) is 0.538. The molecule has 16 heavy (non-hydrogen) atoms. The van der Waals surface area contributed by atoms with Gasteiger partial charge in [-0.1, -0.05) is 34.1 Å². The fourth-order valence-electron chi connectivity index (χ4n) is 1.99. The minimum absolute atomic E-state index is 0.195. The van der Waals surface area contributed by atoms with Gasteiger partial charge in [0.2, 0.25) is 0 Å². The second kappa shape index (κ2) is 5.60. The highest BCUT2D eigenvalue weighted by Crippen LogP contribution is 2.21. The summed E-state index contributed by atoms with van der Waals surface area (Å²) in [6, 6.07) is 7.91. The average molecular weight is 283 g/mol. The second-order valence-electron chi connectivity index (χ2n) is 4.12. The first kappa shape index (κ1) is 11.8. The van der Waals surface area contributed by atoms with Crippen LogP contribution in [0.1, 0.15) is 18.4 Å². The Kier molecular flexibility index (Phi) is 4.13. The third-order valence-electron chi connectivity index (χ3n) is 3.00. The zero-order valence-corrected chi connectivity index (χ0v) is 10.7. The zero-order valence-electron chi connectivity index (χ0n) is 9.12. The maximum atomic E-state index is 12.0. The summed E-state index contributed by atoms with van der Waals surface area (Å²) in [4.78, 5) is 12.0. The van der Waals surface area contributed by atoms with Gasteiger partial charge in [0.1, 0.15) is 5.78 Å². The van der Waals surface area contributed by atoms with Crippen LogP contribution in [0.3, 0.4) is 0 Å². The molecule has 0 aromatic heterocycles.